The molecular formula is C40H24N6O. The quantitative estimate of drug-likeness (QED) is 0.187. The van der Waals surface area contributed by atoms with Crippen LogP contribution in [0.5, 0.6) is 11.5 Å². The second-order valence-electron chi connectivity index (χ2n) is 11.6. The fourth-order valence-electron chi connectivity index (χ4n) is 6.97. The number of ether oxygens (including phenoxy) is 1. The summed E-state index contributed by atoms with van der Waals surface area (Å²) in [5.41, 5.74) is 10.0. The molecule has 0 fully saturated rings. The van der Waals surface area contributed by atoms with Crippen LogP contribution in [0, 0.1) is 0 Å². The standard InChI is InChI=1S/C40H24N6O/c1-3-9-25(10-4-1)29-13-7-15-33-35(29)37-31(39-41-17-19-45(33)39)21-27(23-43-37)47-28-22-32-38(44-24-28)36-30(26-11-5-2-6-12-26)14-8-16-34(36)46-20-18-42-40(32)46/h1-24H. The molecule has 0 atom stereocenters. The van der Waals surface area contributed by atoms with Crippen LogP contribution >= 0.6 is 0 Å². The highest BCUT2D eigenvalue weighted by Crippen LogP contribution is 2.39. The van der Waals surface area contributed by atoms with Crippen LogP contribution in [-0.4, -0.2) is 28.7 Å². The lowest BCUT2D eigenvalue weighted by Gasteiger charge is -2.14. The molecule has 4 aromatic carbocycles. The van der Waals surface area contributed by atoms with Gasteiger partial charge in [0.05, 0.1) is 34.5 Å². The van der Waals surface area contributed by atoms with Gasteiger partial charge in [-0.25, -0.2) is 9.97 Å². The third-order valence-electron chi connectivity index (χ3n) is 8.97. The van der Waals surface area contributed by atoms with E-state index in [1.165, 1.54) is 0 Å². The number of hydrogen-bond acceptors (Lipinski definition) is 5. The van der Waals surface area contributed by atoms with Crippen molar-refractivity contribution in [1.29, 1.82) is 0 Å². The van der Waals surface area contributed by atoms with Crippen molar-refractivity contribution in [3.05, 3.63) is 146 Å². The first-order valence-corrected chi connectivity index (χ1v) is 15.5. The molecule has 0 aliphatic carbocycles. The van der Waals surface area contributed by atoms with Gasteiger partial charge in [0.1, 0.15) is 22.8 Å². The van der Waals surface area contributed by atoms with Crippen LogP contribution in [0.2, 0.25) is 0 Å². The van der Waals surface area contributed by atoms with Gasteiger partial charge in [-0.05, 0) is 46.5 Å². The molecule has 0 unspecified atom stereocenters. The predicted molar refractivity (Wildman–Crippen MR) is 187 cm³/mol. The minimum atomic E-state index is 0.602. The summed E-state index contributed by atoms with van der Waals surface area (Å²) in [6, 6.07) is 37.6. The summed E-state index contributed by atoms with van der Waals surface area (Å²) in [4.78, 5) is 19.4. The maximum atomic E-state index is 6.50. The van der Waals surface area contributed by atoms with Gasteiger partial charge in [0, 0.05) is 46.3 Å². The van der Waals surface area contributed by atoms with E-state index in [-0.39, 0.29) is 0 Å². The van der Waals surface area contributed by atoms with Gasteiger partial charge in [0.25, 0.3) is 0 Å². The number of aromatic nitrogens is 6. The minimum Gasteiger partial charge on any atom is -0.454 e. The zero-order valence-electron chi connectivity index (χ0n) is 24.9. The molecule has 10 rings (SSSR count). The molecule has 10 aromatic rings. The van der Waals surface area contributed by atoms with Crippen molar-refractivity contribution in [2.75, 3.05) is 0 Å². The summed E-state index contributed by atoms with van der Waals surface area (Å²) < 4.78 is 10.7. The largest absolute Gasteiger partial charge is 0.454 e. The first-order chi connectivity index (χ1) is 23.3. The molecule has 7 heteroatoms. The number of imidazole rings is 2. The number of rotatable bonds is 4. The van der Waals surface area contributed by atoms with Gasteiger partial charge in [0.2, 0.25) is 0 Å². The topological polar surface area (TPSA) is 69.6 Å². The summed E-state index contributed by atoms with van der Waals surface area (Å²) >= 11 is 0. The molecule has 0 aliphatic heterocycles. The van der Waals surface area contributed by atoms with E-state index < -0.39 is 0 Å². The summed E-state index contributed by atoms with van der Waals surface area (Å²) in [7, 11) is 0. The fourth-order valence-corrected chi connectivity index (χ4v) is 6.97. The fraction of sp³-hybridized carbons (Fsp3) is 0. The second-order valence-corrected chi connectivity index (χ2v) is 11.6. The van der Waals surface area contributed by atoms with Crippen LogP contribution in [0.15, 0.2) is 146 Å². The highest BCUT2D eigenvalue weighted by atomic mass is 16.5. The van der Waals surface area contributed by atoms with E-state index in [1.807, 2.05) is 49.1 Å². The Balaban J connectivity index is 1.15. The lowest BCUT2D eigenvalue weighted by Crippen LogP contribution is -1.96. The summed E-state index contributed by atoms with van der Waals surface area (Å²) in [6.07, 6.45) is 11.2. The Bertz CT molecular complexity index is 2630. The highest BCUT2D eigenvalue weighted by molar-refractivity contribution is 6.16. The first-order valence-electron chi connectivity index (χ1n) is 15.5. The van der Waals surface area contributed by atoms with Crippen molar-refractivity contribution >= 4 is 54.9 Å². The molecule has 0 saturated heterocycles. The van der Waals surface area contributed by atoms with Crippen molar-refractivity contribution in [2.45, 2.75) is 0 Å². The van der Waals surface area contributed by atoms with Gasteiger partial charge < -0.3 is 4.74 Å². The lowest BCUT2D eigenvalue weighted by atomic mass is 9.98. The molecule has 47 heavy (non-hydrogen) atoms. The Hall–Kier alpha value is -6.60. The van der Waals surface area contributed by atoms with Crippen molar-refractivity contribution in [3.8, 4) is 33.8 Å². The van der Waals surface area contributed by atoms with E-state index in [0.29, 0.717) is 11.5 Å². The van der Waals surface area contributed by atoms with Gasteiger partial charge in [-0.1, -0.05) is 84.9 Å². The van der Waals surface area contributed by atoms with E-state index >= 15 is 0 Å². The number of pyridine rings is 4. The number of hydrogen-bond donors (Lipinski definition) is 0. The van der Waals surface area contributed by atoms with E-state index in [4.69, 9.17) is 24.7 Å². The molecular weight excluding hydrogens is 580 g/mol. The van der Waals surface area contributed by atoms with E-state index in [2.05, 4.69) is 93.7 Å². The second kappa shape index (κ2) is 9.95. The average molecular weight is 605 g/mol. The highest BCUT2D eigenvalue weighted by Gasteiger charge is 2.18. The Morgan fingerprint density at radius 1 is 0.468 bits per heavy atom. The van der Waals surface area contributed by atoms with Crippen molar-refractivity contribution < 1.29 is 4.74 Å². The van der Waals surface area contributed by atoms with Gasteiger partial charge in [-0.3, -0.25) is 18.8 Å². The normalized spacial score (nSPS) is 11.8. The van der Waals surface area contributed by atoms with Crippen molar-refractivity contribution in [3.63, 3.8) is 0 Å². The van der Waals surface area contributed by atoms with Crippen LogP contribution in [0.3, 0.4) is 0 Å². The monoisotopic (exact) mass is 604 g/mol. The molecule has 0 radical (unpaired) electrons. The Morgan fingerprint density at radius 3 is 1.40 bits per heavy atom. The van der Waals surface area contributed by atoms with E-state index in [1.54, 1.807) is 12.4 Å². The zero-order valence-corrected chi connectivity index (χ0v) is 24.9. The summed E-state index contributed by atoms with van der Waals surface area (Å²) in [5.74, 6) is 1.20. The number of fused-ring (bicyclic) bond motifs is 12. The van der Waals surface area contributed by atoms with Crippen molar-refractivity contribution in [1.82, 2.24) is 28.7 Å². The van der Waals surface area contributed by atoms with Crippen LogP contribution in [-0.2, 0) is 0 Å². The summed E-state index contributed by atoms with van der Waals surface area (Å²) in [6.45, 7) is 0. The van der Waals surface area contributed by atoms with Crippen molar-refractivity contribution in [2.24, 2.45) is 0 Å². The van der Waals surface area contributed by atoms with E-state index in [9.17, 15) is 0 Å². The first kappa shape index (κ1) is 25.7. The van der Waals surface area contributed by atoms with Gasteiger partial charge in [-0.2, -0.15) is 0 Å². The van der Waals surface area contributed by atoms with E-state index in [0.717, 1.165) is 77.2 Å². The molecule has 220 valence electrons. The molecule has 7 nitrogen and oxygen atoms in total. The predicted octanol–water partition coefficient (Wildman–Crippen LogP) is 9.51. The van der Waals surface area contributed by atoms with Gasteiger partial charge >= 0.3 is 0 Å². The average Bonchev–Trinajstić information content (AvgIpc) is 3.84. The number of benzene rings is 4. The molecule has 6 aromatic heterocycles. The third-order valence-corrected chi connectivity index (χ3v) is 8.97. The number of nitrogens with zero attached hydrogens (tertiary/aromatic N) is 6. The smallest absolute Gasteiger partial charge is 0.146 e. The summed E-state index contributed by atoms with van der Waals surface area (Å²) in [5, 5.41) is 3.96. The molecule has 6 heterocycles. The zero-order chi connectivity index (χ0) is 30.9. The molecule has 0 amide bonds. The van der Waals surface area contributed by atoms with Gasteiger partial charge in [-0.15, -0.1) is 0 Å². The third kappa shape index (κ3) is 3.87. The molecule has 0 aliphatic rings. The molecule has 0 saturated carbocycles. The maximum Gasteiger partial charge on any atom is 0.146 e. The van der Waals surface area contributed by atoms with Crippen LogP contribution < -0.4 is 4.74 Å². The minimum absolute atomic E-state index is 0.602. The Morgan fingerprint density at radius 2 is 0.936 bits per heavy atom. The maximum absolute atomic E-state index is 6.50. The molecule has 0 bridgehead atoms. The van der Waals surface area contributed by atoms with Gasteiger partial charge in [0.15, 0.2) is 0 Å². The van der Waals surface area contributed by atoms with Crippen LogP contribution in [0.4, 0.5) is 0 Å². The SMILES string of the molecule is c1ccc(-c2cccc3c2c2ncc(Oc4cnc5c(c4)c4nccn4c4cccc(-c6ccccc6)c54)cc2c2nccn32)cc1. The lowest BCUT2D eigenvalue weighted by molar-refractivity contribution is 0.480. The molecule has 0 spiro atoms. The Kier molecular flexibility index (Phi) is 5.44. The van der Waals surface area contributed by atoms with Crippen LogP contribution in [0.25, 0.3) is 77.2 Å². The van der Waals surface area contributed by atoms with Crippen LogP contribution in [0.1, 0.15) is 0 Å². The Labute approximate surface area is 268 Å². The molecule has 0 N–H and O–H groups in total.